The second-order valence-corrected chi connectivity index (χ2v) is 9.31. The maximum absolute atomic E-state index is 12.4. The van der Waals surface area contributed by atoms with Crippen molar-refractivity contribution in [3.8, 4) is 0 Å². The zero-order valence-electron chi connectivity index (χ0n) is 14.4. The number of hydrogen-bond acceptors (Lipinski definition) is 2. The van der Waals surface area contributed by atoms with E-state index in [1.807, 2.05) is 19.1 Å². The van der Waals surface area contributed by atoms with Crippen molar-refractivity contribution in [2.45, 2.75) is 57.0 Å². The second kappa shape index (κ2) is 6.45. The molecule has 4 bridgehead atoms. The molecule has 1 aromatic carbocycles. The van der Waals surface area contributed by atoms with Gasteiger partial charge in [-0.1, -0.05) is 28.1 Å². The van der Waals surface area contributed by atoms with Crippen LogP contribution < -0.4 is 10.6 Å². The zero-order chi connectivity index (χ0) is 16.7. The van der Waals surface area contributed by atoms with Gasteiger partial charge in [0.15, 0.2) is 0 Å². The summed E-state index contributed by atoms with van der Waals surface area (Å²) in [7, 11) is 0. The van der Waals surface area contributed by atoms with E-state index in [1.165, 1.54) is 38.5 Å². The Morgan fingerprint density at radius 3 is 2.21 bits per heavy atom. The van der Waals surface area contributed by atoms with Gasteiger partial charge in [0.25, 0.3) is 0 Å². The molecule has 3 nitrogen and oxygen atoms in total. The molecule has 4 aliphatic rings. The highest BCUT2D eigenvalue weighted by atomic mass is 79.9. The van der Waals surface area contributed by atoms with Gasteiger partial charge >= 0.3 is 0 Å². The summed E-state index contributed by atoms with van der Waals surface area (Å²) in [5, 5.41) is 6.80. The van der Waals surface area contributed by atoms with Crippen molar-refractivity contribution in [3.05, 3.63) is 34.3 Å². The minimum Gasteiger partial charge on any atom is -0.348 e. The van der Waals surface area contributed by atoms with Crippen LogP contribution in [0.3, 0.4) is 0 Å². The van der Waals surface area contributed by atoms with Crippen molar-refractivity contribution in [3.63, 3.8) is 0 Å². The Kier molecular flexibility index (Phi) is 4.46. The van der Waals surface area contributed by atoms with Gasteiger partial charge in [-0.05, 0) is 80.9 Å². The van der Waals surface area contributed by atoms with E-state index in [9.17, 15) is 4.79 Å². The largest absolute Gasteiger partial charge is 0.348 e. The molecule has 4 fully saturated rings. The van der Waals surface area contributed by atoms with Crippen molar-refractivity contribution < 1.29 is 4.79 Å². The molecule has 2 N–H and O–H groups in total. The number of nitrogens with one attached hydrogen (secondary N) is 2. The summed E-state index contributed by atoms with van der Waals surface area (Å²) in [6, 6.07) is 8.20. The van der Waals surface area contributed by atoms with Gasteiger partial charge in [-0.3, -0.25) is 4.79 Å². The topological polar surface area (TPSA) is 41.1 Å². The van der Waals surface area contributed by atoms with E-state index in [2.05, 4.69) is 38.7 Å². The quantitative estimate of drug-likeness (QED) is 0.791. The highest BCUT2D eigenvalue weighted by Gasteiger charge is 2.50. The Labute approximate surface area is 153 Å². The predicted molar refractivity (Wildman–Crippen MR) is 99.6 cm³/mol. The number of hydrogen-bond donors (Lipinski definition) is 2. The first-order valence-electron chi connectivity index (χ1n) is 9.31. The summed E-state index contributed by atoms with van der Waals surface area (Å²) >= 11 is 3.45. The standard InChI is InChI=1S/C20H27BrN2O/c1-13(17-2-4-18(21)5-3-17)23-19(24)12-22-20-9-14-6-15(10-20)8-16(7-14)11-20/h2-5,13-16,22H,6-12H2,1H3,(H,23,24)/t13-,14?,15?,16?,20?/m0/s1. The highest BCUT2D eigenvalue weighted by molar-refractivity contribution is 9.10. The van der Waals surface area contributed by atoms with Gasteiger partial charge in [0.1, 0.15) is 0 Å². The average molecular weight is 391 g/mol. The van der Waals surface area contributed by atoms with Crippen LogP contribution in [0.5, 0.6) is 0 Å². The molecule has 1 amide bonds. The number of carbonyl (C=O) groups excluding carboxylic acids is 1. The van der Waals surface area contributed by atoms with E-state index in [0.717, 1.165) is 27.8 Å². The monoisotopic (exact) mass is 390 g/mol. The normalized spacial score (nSPS) is 35.0. The zero-order valence-corrected chi connectivity index (χ0v) is 15.9. The van der Waals surface area contributed by atoms with Crippen molar-refractivity contribution in [1.29, 1.82) is 0 Å². The Bertz CT molecular complexity index is 577. The van der Waals surface area contributed by atoms with Gasteiger partial charge in [0, 0.05) is 10.0 Å². The van der Waals surface area contributed by atoms with Crippen LogP contribution in [-0.4, -0.2) is 18.0 Å². The molecule has 1 aromatic rings. The third kappa shape index (κ3) is 3.41. The van der Waals surface area contributed by atoms with Gasteiger partial charge in [0.2, 0.25) is 5.91 Å². The van der Waals surface area contributed by atoms with E-state index in [-0.39, 0.29) is 17.5 Å². The van der Waals surface area contributed by atoms with Crippen LogP contribution in [0, 0.1) is 17.8 Å². The minimum atomic E-state index is 0.0452. The number of carbonyl (C=O) groups is 1. The van der Waals surface area contributed by atoms with Gasteiger partial charge in [-0.25, -0.2) is 0 Å². The lowest BCUT2D eigenvalue weighted by Gasteiger charge is -2.57. The second-order valence-electron chi connectivity index (χ2n) is 8.39. The Morgan fingerprint density at radius 1 is 1.12 bits per heavy atom. The molecule has 24 heavy (non-hydrogen) atoms. The average Bonchev–Trinajstić information content (AvgIpc) is 2.52. The van der Waals surface area contributed by atoms with Crippen molar-refractivity contribution in [2.75, 3.05) is 6.54 Å². The molecule has 0 spiro atoms. The molecule has 0 unspecified atom stereocenters. The lowest BCUT2D eigenvalue weighted by Crippen LogP contribution is -2.59. The minimum absolute atomic E-state index is 0.0452. The summed E-state index contributed by atoms with van der Waals surface area (Å²) < 4.78 is 1.06. The lowest BCUT2D eigenvalue weighted by atomic mass is 9.53. The molecule has 130 valence electrons. The fourth-order valence-electron chi connectivity index (χ4n) is 5.72. The number of amides is 1. The number of halogens is 1. The summed E-state index contributed by atoms with van der Waals surface area (Å²) in [5.74, 6) is 2.84. The summed E-state index contributed by atoms with van der Waals surface area (Å²) in [5.41, 5.74) is 1.40. The van der Waals surface area contributed by atoms with E-state index in [4.69, 9.17) is 0 Å². The van der Waals surface area contributed by atoms with Gasteiger partial charge in [-0.15, -0.1) is 0 Å². The summed E-state index contributed by atoms with van der Waals surface area (Å²) in [6.45, 7) is 2.50. The van der Waals surface area contributed by atoms with Crippen LogP contribution in [0.4, 0.5) is 0 Å². The van der Waals surface area contributed by atoms with Gasteiger partial charge < -0.3 is 10.6 Å². The first kappa shape index (κ1) is 16.6. The van der Waals surface area contributed by atoms with E-state index in [1.54, 1.807) is 0 Å². The maximum atomic E-state index is 12.4. The van der Waals surface area contributed by atoms with E-state index < -0.39 is 0 Å². The van der Waals surface area contributed by atoms with E-state index >= 15 is 0 Å². The fraction of sp³-hybridized carbons (Fsp3) is 0.650. The maximum Gasteiger partial charge on any atom is 0.234 e. The van der Waals surface area contributed by atoms with Gasteiger partial charge in [0.05, 0.1) is 12.6 Å². The molecule has 1 atom stereocenters. The molecule has 4 aliphatic carbocycles. The molecule has 0 aromatic heterocycles. The molecule has 5 rings (SSSR count). The van der Waals surface area contributed by atoms with Crippen molar-refractivity contribution in [1.82, 2.24) is 10.6 Å². The molecule has 0 heterocycles. The van der Waals surface area contributed by atoms with Crippen LogP contribution in [0.2, 0.25) is 0 Å². The van der Waals surface area contributed by atoms with Crippen molar-refractivity contribution in [2.24, 2.45) is 17.8 Å². The van der Waals surface area contributed by atoms with Crippen LogP contribution in [0.25, 0.3) is 0 Å². The van der Waals surface area contributed by atoms with Crippen molar-refractivity contribution >= 4 is 21.8 Å². The molecule has 0 saturated heterocycles. The summed E-state index contributed by atoms with van der Waals surface area (Å²) in [4.78, 5) is 12.4. The smallest absolute Gasteiger partial charge is 0.234 e. The molecule has 0 aliphatic heterocycles. The third-order valence-electron chi connectivity index (χ3n) is 6.41. The third-order valence-corrected chi connectivity index (χ3v) is 6.94. The number of benzene rings is 1. The number of rotatable bonds is 5. The Balaban J connectivity index is 1.31. The van der Waals surface area contributed by atoms with Crippen LogP contribution in [0.15, 0.2) is 28.7 Å². The van der Waals surface area contributed by atoms with Crippen LogP contribution >= 0.6 is 15.9 Å². The first-order chi connectivity index (χ1) is 11.5. The fourth-order valence-corrected chi connectivity index (χ4v) is 5.99. The first-order valence-corrected chi connectivity index (χ1v) is 10.1. The Hall–Kier alpha value is -0.870. The van der Waals surface area contributed by atoms with Gasteiger partial charge in [-0.2, -0.15) is 0 Å². The highest BCUT2D eigenvalue weighted by Crippen LogP contribution is 2.55. The summed E-state index contributed by atoms with van der Waals surface area (Å²) in [6.07, 6.45) is 8.17. The molecule has 4 heteroatoms. The van der Waals surface area contributed by atoms with Crippen LogP contribution in [-0.2, 0) is 4.79 Å². The SMILES string of the molecule is C[C@H](NC(=O)CNC12CC3CC(CC(C3)C1)C2)c1ccc(Br)cc1. The molecular formula is C20H27BrN2O. The lowest BCUT2D eigenvalue weighted by molar-refractivity contribution is -0.122. The predicted octanol–water partition coefficient (Wildman–Crippen LogP) is 4.18. The van der Waals surface area contributed by atoms with Crippen LogP contribution in [0.1, 0.15) is 57.1 Å². The van der Waals surface area contributed by atoms with E-state index in [0.29, 0.717) is 6.54 Å². The molecule has 4 saturated carbocycles. The Morgan fingerprint density at radius 2 is 1.67 bits per heavy atom. The molecule has 0 radical (unpaired) electrons. The molecular weight excluding hydrogens is 364 g/mol.